The standard InChI is InChI=1S/C15H15N5O3S/c21-14(10-16-11-4-2-1-3-5-11)18-19-15(24)17-12-6-8-13(9-7-12)20(22)23/h1-9,16H,10H2,(H,18,21)(H2,17,19,24). The van der Waals surface area contributed by atoms with Crippen molar-refractivity contribution in [3.63, 3.8) is 0 Å². The van der Waals surface area contributed by atoms with E-state index in [4.69, 9.17) is 12.2 Å². The molecule has 0 radical (unpaired) electrons. The second-order valence-electron chi connectivity index (χ2n) is 4.65. The van der Waals surface area contributed by atoms with E-state index in [-0.39, 0.29) is 23.3 Å². The monoisotopic (exact) mass is 345 g/mol. The minimum Gasteiger partial charge on any atom is -0.376 e. The third kappa shape index (κ3) is 5.54. The van der Waals surface area contributed by atoms with Crippen molar-refractivity contribution in [1.29, 1.82) is 0 Å². The van der Waals surface area contributed by atoms with E-state index < -0.39 is 4.92 Å². The summed E-state index contributed by atoms with van der Waals surface area (Å²) in [4.78, 5) is 21.8. The molecule has 0 atom stereocenters. The first-order valence-electron chi connectivity index (χ1n) is 6.94. The number of nitro groups is 1. The van der Waals surface area contributed by atoms with E-state index in [0.717, 1.165) is 5.69 Å². The molecule has 0 bridgehead atoms. The molecule has 2 rings (SSSR count). The normalized spacial score (nSPS) is 9.67. The minimum absolute atomic E-state index is 0.0142. The number of hydrogen-bond acceptors (Lipinski definition) is 5. The van der Waals surface area contributed by atoms with Crippen LogP contribution in [0, 0.1) is 10.1 Å². The average molecular weight is 345 g/mol. The van der Waals surface area contributed by atoms with Crippen molar-refractivity contribution in [2.75, 3.05) is 17.2 Å². The molecule has 0 aliphatic carbocycles. The fraction of sp³-hybridized carbons (Fsp3) is 0.0667. The van der Waals surface area contributed by atoms with E-state index in [1.165, 1.54) is 24.3 Å². The van der Waals surface area contributed by atoms with Crippen LogP contribution >= 0.6 is 12.2 Å². The molecule has 24 heavy (non-hydrogen) atoms. The van der Waals surface area contributed by atoms with Gasteiger partial charge in [-0.05, 0) is 36.5 Å². The summed E-state index contributed by atoms with van der Waals surface area (Å²) in [5, 5.41) is 16.5. The summed E-state index contributed by atoms with van der Waals surface area (Å²) >= 11 is 5.03. The lowest BCUT2D eigenvalue weighted by Crippen LogP contribution is -2.45. The van der Waals surface area contributed by atoms with Crippen LogP contribution in [0.25, 0.3) is 0 Å². The van der Waals surface area contributed by atoms with Gasteiger partial charge in [-0.1, -0.05) is 18.2 Å². The molecule has 124 valence electrons. The highest BCUT2D eigenvalue weighted by Gasteiger charge is 2.05. The fourth-order valence-corrected chi connectivity index (χ4v) is 1.91. The van der Waals surface area contributed by atoms with Gasteiger partial charge in [0.1, 0.15) is 0 Å². The number of nitro benzene ring substituents is 1. The van der Waals surface area contributed by atoms with Gasteiger partial charge < -0.3 is 10.6 Å². The third-order valence-electron chi connectivity index (χ3n) is 2.88. The molecule has 2 aromatic carbocycles. The van der Waals surface area contributed by atoms with Gasteiger partial charge in [-0.15, -0.1) is 0 Å². The van der Waals surface area contributed by atoms with Crippen molar-refractivity contribution in [2.24, 2.45) is 0 Å². The number of rotatable bonds is 5. The number of thiocarbonyl (C=S) groups is 1. The van der Waals surface area contributed by atoms with Gasteiger partial charge in [0.15, 0.2) is 5.11 Å². The first kappa shape index (κ1) is 17.2. The summed E-state index contributed by atoms with van der Waals surface area (Å²) in [7, 11) is 0. The number of anilines is 2. The van der Waals surface area contributed by atoms with Crippen molar-refractivity contribution in [1.82, 2.24) is 10.9 Å². The fourth-order valence-electron chi connectivity index (χ4n) is 1.74. The number of para-hydroxylation sites is 1. The van der Waals surface area contributed by atoms with E-state index >= 15 is 0 Å². The topological polar surface area (TPSA) is 108 Å². The second kappa shape index (κ2) is 8.44. The Bertz CT molecular complexity index is 722. The van der Waals surface area contributed by atoms with Crippen molar-refractivity contribution in [3.05, 3.63) is 64.7 Å². The van der Waals surface area contributed by atoms with E-state index in [9.17, 15) is 14.9 Å². The predicted molar refractivity (Wildman–Crippen MR) is 95.5 cm³/mol. The molecule has 0 spiro atoms. The minimum atomic E-state index is -0.486. The van der Waals surface area contributed by atoms with Gasteiger partial charge >= 0.3 is 0 Å². The highest BCUT2D eigenvalue weighted by atomic mass is 32.1. The summed E-state index contributed by atoms with van der Waals surface area (Å²) in [5.41, 5.74) is 6.37. The lowest BCUT2D eigenvalue weighted by Gasteiger charge is -2.12. The number of non-ortho nitro benzene ring substituents is 1. The second-order valence-corrected chi connectivity index (χ2v) is 5.06. The molecule has 0 aliphatic rings. The summed E-state index contributed by atoms with van der Waals surface area (Å²) < 4.78 is 0. The van der Waals surface area contributed by atoms with Crippen LogP contribution in [0.2, 0.25) is 0 Å². The molecular weight excluding hydrogens is 330 g/mol. The lowest BCUT2D eigenvalue weighted by molar-refractivity contribution is -0.384. The SMILES string of the molecule is O=C(CNc1ccccc1)NNC(=S)Nc1ccc([N+](=O)[O-])cc1. The Hall–Kier alpha value is -3.20. The number of hydrogen-bond donors (Lipinski definition) is 4. The van der Waals surface area contributed by atoms with Crippen LogP contribution in [-0.2, 0) is 4.79 Å². The average Bonchev–Trinajstić information content (AvgIpc) is 2.59. The zero-order valence-electron chi connectivity index (χ0n) is 12.5. The van der Waals surface area contributed by atoms with E-state index in [1.54, 1.807) is 0 Å². The van der Waals surface area contributed by atoms with Crippen LogP contribution < -0.4 is 21.5 Å². The van der Waals surface area contributed by atoms with Crippen LogP contribution in [0.4, 0.5) is 17.1 Å². The van der Waals surface area contributed by atoms with Crippen LogP contribution in [0.1, 0.15) is 0 Å². The largest absolute Gasteiger partial charge is 0.376 e. The highest BCUT2D eigenvalue weighted by molar-refractivity contribution is 7.80. The van der Waals surface area contributed by atoms with Crippen molar-refractivity contribution < 1.29 is 9.72 Å². The van der Waals surface area contributed by atoms with Crippen LogP contribution in [0.5, 0.6) is 0 Å². The third-order valence-corrected chi connectivity index (χ3v) is 3.08. The van der Waals surface area contributed by atoms with Crippen LogP contribution in [0.15, 0.2) is 54.6 Å². The van der Waals surface area contributed by atoms with E-state index in [2.05, 4.69) is 21.5 Å². The van der Waals surface area contributed by atoms with Crippen molar-refractivity contribution >= 4 is 40.3 Å². The van der Waals surface area contributed by atoms with E-state index in [0.29, 0.717) is 5.69 Å². The van der Waals surface area contributed by atoms with Gasteiger partial charge in [0.05, 0.1) is 11.5 Å². The van der Waals surface area contributed by atoms with Gasteiger partial charge in [-0.2, -0.15) is 0 Å². The molecular formula is C15H15N5O3S. The molecule has 4 N–H and O–H groups in total. The predicted octanol–water partition coefficient (Wildman–Crippen LogP) is 2.02. The van der Waals surface area contributed by atoms with Gasteiger partial charge in [0, 0.05) is 23.5 Å². The highest BCUT2D eigenvalue weighted by Crippen LogP contribution is 2.15. The first-order chi connectivity index (χ1) is 11.5. The number of benzene rings is 2. The Morgan fingerprint density at radius 1 is 1.00 bits per heavy atom. The Morgan fingerprint density at radius 3 is 2.29 bits per heavy atom. The summed E-state index contributed by atoms with van der Waals surface area (Å²) in [6.45, 7) is 0.0805. The Balaban J connectivity index is 1.72. The quantitative estimate of drug-likeness (QED) is 0.373. The van der Waals surface area contributed by atoms with Crippen LogP contribution in [-0.4, -0.2) is 22.5 Å². The lowest BCUT2D eigenvalue weighted by atomic mass is 10.3. The zero-order valence-corrected chi connectivity index (χ0v) is 13.3. The Morgan fingerprint density at radius 2 is 1.67 bits per heavy atom. The van der Waals surface area contributed by atoms with Gasteiger partial charge in [0.25, 0.3) is 11.6 Å². The molecule has 0 fully saturated rings. The maximum atomic E-state index is 11.7. The van der Waals surface area contributed by atoms with Gasteiger partial charge in [-0.3, -0.25) is 25.8 Å². The van der Waals surface area contributed by atoms with Crippen LogP contribution in [0.3, 0.4) is 0 Å². The molecule has 0 unspecified atom stereocenters. The number of nitrogens with zero attached hydrogens (tertiary/aromatic N) is 1. The molecule has 0 heterocycles. The Labute approximate surface area is 143 Å². The smallest absolute Gasteiger partial charge is 0.269 e. The summed E-state index contributed by atoms with van der Waals surface area (Å²) in [6, 6.07) is 15.1. The molecule has 8 nitrogen and oxygen atoms in total. The number of carbonyl (C=O) groups excluding carboxylic acids is 1. The van der Waals surface area contributed by atoms with Gasteiger partial charge in [0.2, 0.25) is 0 Å². The first-order valence-corrected chi connectivity index (χ1v) is 7.34. The van der Waals surface area contributed by atoms with Gasteiger partial charge in [-0.25, -0.2) is 0 Å². The maximum absolute atomic E-state index is 11.7. The number of carbonyl (C=O) groups is 1. The number of hydrazine groups is 1. The zero-order chi connectivity index (χ0) is 17.4. The molecule has 9 heteroatoms. The molecule has 0 aliphatic heterocycles. The maximum Gasteiger partial charge on any atom is 0.269 e. The number of nitrogens with one attached hydrogen (secondary N) is 4. The molecule has 2 aromatic rings. The Kier molecular flexibility index (Phi) is 6.03. The molecule has 1 amide bonds. The number of amides is 1. The van der Waals surface area contributed by atoms with Crippen molar-refractivity contribution in [2.45, 2.75) is 0 Å². The summed E-state index contributed by atoms with van der Waals surface area (Å²) in [5.74, 6) is -0.299. The molecule has 0 saturated heterocycles. The molecule has 0 saturated carbocycles. The molecule has 0 aromatic heterocycles. The van der Waals surface area contributed by atoms with Crippen molar-refractivity contribution in [3.8, 4) is 0 Å². The summed E-state index contributed by atoms with van der Waals surface area (Å²) in [6.07, 6.45) is 0. The van der Waals surface area contributed by atoms with E-state index in [1.807, 2.05) is 30.3 Å².